The molecule has 2 atom stereocenters. The first-order valence-corrected chi connectivity index (χ1v) is 7.04. The van der Waals surface area contributed by atoms with Crippen molar-refractivity contribution in [2.45, 2.75) is 32.4 Å². The van der Waals surface area contributed by atoms with Crippen molar-refractivity contribution in [3.8, 4) is 0 Å². The number of hydrogen-bond donors (Lipinski definition) is 1. The van der Waals surface area contributed by atoms with Crippen molar-refractivity contribution in [2.24, 2.45) is 0 Å². The molecule has 5 heteroatoms. The van der Waals surface area contributed by atoms with Gasteiger partial charge in [-0.1, -0.05) is 48.9 Å². The van der Waals surface area contributed by atoms with Gasteiger partial charge in [-0.3, -0.25) is 9.48 Å². The van der Waals surface area contributed by atoms with Gasteiger partial charge in [-0.2, -0.15) is 5.10 Å². The van der Waals surface area contributed by atoms with Crippen molar-refractivity contribution < 1.29 is 4.79 Å². The zero-order chi connectivity index (χ0) is 14.5. The number of nitrogens with zero attached hydrogens (tertiary/aromatic N) is 2. The molecule has 0 fully saturated rings. The molecule has 4 nitrogen and oxygen atoms in total. The molecular formula is C15H18ClN3O. The van der Waals surface area contributed by atoms with Crippen molar-refractivity contribution >= 4 is 17.5 Å². The predicted molar refractivity (Wildman–Crippen MR) is 79.6 cm³/mol. The normalized spacial score (nSPS) is 13.8. The van der Waals surface area contributed by atoms with E-state index in [4.69, 9.17) is 11.6 Å². The van der Waals surface area contributed by atoms with Gasteiger partial charge in [-0.25, -0.2) is 0 Å². The number of benzene rings is 1. The molecular weight excluding hydrogens is 274 g/mol. The number of amides is 1. The van der Waals surface area contributed by atoms with E-state index in [9.17, 15) is 4.79 Å². The van der Waals surface area contributed by atoms with Gasteiger partial charge in [-0.05, 0) is 18.9 Å². The monoisotopic (exact) mass is 291 g/mol. The summed E-state index contributed by atoms with van der Waals surface area (Å²) in [5.41, 5.74) is 1.08. The van der Waals surface area contributed by atoms with Crippen LogP contribution in [0.15, 0.2) is 42.7 Å². The van der Waals surface area contributed by atoms with Gasteiger partial charge in [0.1, 0.15) is 6.04 Å². The van der Waals surface area contributed by atoms with Gasteiger partial charge in [-0.15, -0.1) is 0 Å². The Labute approximate surface area is 123 Å². The van der Waals surface area contributed by atoms with Crippen LogP contribution in [0.5, 0.6) is 0 Å². The summed E-state index contributed by atoms with van der Waals surface area (Å²) in [6.07, 6.45) is 3.87. The molecule has 106 valence electrons. The van der Waals surface area contributed by atoms with E-state index in [1.165, 1.54) is 6.20 Å². The highest BCUT2D eigenvalue weighted by atomic mass is 35.5. The molecule has 0 bridgehead atoms. The fraction of sp³-hybridized carbons (Fsp3) is 0.333. The fourth-order valence-electron chi connectivity index (χ4n) is 2.11. The quantitative estimate of drug-likeness (QED) is 0.918. The van der Waals surface area contributed by atoms with Gasteiger partial charge >= 0.3 is 0 Å². The number of nitrogens with one attached hydrogen (secondary N) is 1. The van der Waals surface area contributed by atoms with Crippen LogP contribution in [0.1, 0.15) is 37.9 Å². The third kappa shape index (κ3) is 3.39. The maximum absolute atomic E-state index is 12.4. The maximum atomic E-state index is 12.4. The summed E-state index contributed by atoms with van der Waals surface area (Å²) in [5, 5.41) is 7.66. The lowest BCUT2D eigenvalue weighted by molar-refractivity contribution is -0.125. The SMILES string of the molecule is CCC(C(=O)NC(C)c1ccccc1)n1cc(Cl)cn1. The zero-order valence-corrected chi connectivity index (χ0v) is 12.3. The van der Waals surface area contributed by atoms with Gasteiger partial charge in [0.15, 0.2) is 0 Å². The van der Waals surface area contributed by atoms with Crippen molar-refractivity contribution in [3.05, 3.63) is 53.3 Å². The number of carbonyl (C=O) groups excluding carboxylic acids is 1. The topological polar surface area (TPSA) is 46.9 Å². The van der Waals surface area contributed by atoms with Gasteiger partial charge in [0.2, 0.25) is 5.91 Å². The number of rotatable bonds is 5. The van der Waals surface area contributed by atoms with Crippen LogP contribution in [0.25, 0.3) is 0 Å². The Morgan fingerprint density at radius 3 is 2.65 bits per heavy atom. The van der Waals surface area contributed by atoms with E-state index in [-0.39, 0.29) is 18.0 Å². The molecule has 1 heterocycles. The van der Waals surface area contributed by atoms with Crippen LogP contribution in [-0.2, 0) is 4.79 Å². The number of aromatic nitrogens is 2. The van der Waals surface area contributed by atoms with Gasteiger partial charge in [0, 0.05) is 6.20 Å². The molecule has 0 radical (unpaired) electrons. The molecule has 1 N–H and O–H groups in total. The molecule has 0 aliphatic heterocycles. The van der Waals surface area contributed by atoms with Crippen LogP contribution < -0.4 is 5.32 Å². The van der Waals surface area contributed by atoms with Gasteiger partial charge < -0.3 is 5.32 Å². The molecule has 1 amide bonds. The summed E-state index contributed by atoms with van der Waals surface area (Å²) >= 11 is 5.85. The molecule has 0 spiro atoms. The predicted octanol–water partition coefficient (Wildman–Crippen LogP) is 3.37. The second kappa shape index (κ2) is 6.57. The van der Waals surface area contributed by atoms with Crippen LogP contribution in [-0.4, -0.2) is 15.7 Å². The summed E-state index contributed by atoms with van der Waals surface area (Å²) in [6.45, 7) is 3.92. The summed E-state index contributed by atoms with van der Waals surface area (Å²) in [5.74, 6) is -0.0522. The first-order valence-electron chi connectivity index (χ1n) is 6.66. The molecule has 1 aromatic heterocycles. The average Bonchev–Trinajstić information content (AvgIpc) is 2.87. The highest BCUT2D eigenvalue weighted by Gasteiger charge is 2.21. The Hall–Kier alpha value is -1.81. The van der Waals surface area contributed by atoms with Gasteiger partial charge in [0.25, 0.3) is 0 Å². The van der Waals surface area contributed by atoms with E-state index < -0.39 is 0 Å². The first kappa shape index (κ1) is 14.6. The van der Waals surface area contributed by atoms with Gasteiger partial charge in [0.05, 0.1) is 17.3 Å². The second-order valence-electron chi connectivity index (χ2n) is 4.70. The van der Waals surface area contributed by atoms with Crippen molar-refractivity contribution in [3.63, 3.8) is 0 Å². The summed E-state index contributed by atoms with van der Waals surface area (Å²) in [6, 6.07) is 9.49. The second-order valence-corrected chi connectivity index (χ2v) is 5.14. The third-order valence-electron chi connectivity index (χ3n) is 3.24. The highest BCUT2D eigenvalue weighted by molar-refractivity contribution is 6.30. The van der Waals surface area contributed by atoms with E-state index in [0.29, 0.717) is 11.4 Å². The minimum Gasteiger partial charge on any atom is -0.348 e. The molecule has 2 aromatic rings. The first-order chi connectivity index (χ1) is 9.61. The molecule has 1 aromatic carbocycles. The number of hydrogen-bond acceptors (Lipinski definition) is 2. The average molecular weight is 292 g/mol. The number of halogens is 1. The van der Waals surface area contributed by atoms with Crippen LogP contribution >= 0.6 is 11.6 Å². The Morgan fingerprint density at radius 2 is 2.10 bits per heavy atom. The van der Waals surface area contributed by atoms with Crippen molar-refractivity contribution in [1.82, 2.24) is 15.1 Å². The van der Waals surface area contributed by atoms with Crippen LogP contribution in [0.2, 0.25) is 5.02 Å². The van der Waals surface area contributed by atoms with Crippen molar-refractivity contribution in [2.75, 3.05) is 0 Å². The molecule has 2 unspecified atom stereocenters. The molecule has 0 saturated heterocycles. The lowest BCUT2D eigenvalue weighted by atomic mass is 10.1. The van der Waals surface area contributed by atoms with E-state index in [2.05, 4.69) is 10.4 Å². The Bertz CT molecular complexity index is 568. The largest absolute Gasteiger partial charge is 0.348 e. The standard InChI is InChI=1S/C15H18ClN3O/c1-3-14(19-10-13(16)9-17-19)15(20)18-11(2)12-7-5-4-6-8-12/h4-11,14H,3H2,1-2H3,(H,18,20). The fourth-order valence-corrected chi connectivity index (χ4v) is 2.26. The summed E-state index contributed by atoms with van der Waals surface area (Å²) in [7, 11) is 0. The van der Waals surface area contributed by atoms with Crippen molar-refractivity contribution in [1.29, 1.82) is 0 Å². The van der Waals surface area contributed by atoms with E-state index in [1.807, 2.05) is 44.2 Å². The number of carbonyl (C=O) groups is 1. The van der Waals surface area contributed by atoms with Crippen LogP contribution in [0.3, 0.4) is 0 Å². The highest BCUT2D eigenvalue weighted by Crippen LogP contribution is 2.17. The molecule has 0 aliphatic rings. The minimum absolute atomic E-state index is 0.0382. The Morgan fingerprint density at radius 1 is 1.40 bits per heavy atom. The summed E-state index contributed by atoms with van der Waals surface area (Å²) < 4.78 is 1.61. The van der Waals surface area contributed by atoms with Crippen LogP contribution in [0, 0.1) is 0 Å². The van der Waals surface area contributed by atoms with E-state index >= 15 is 0 Å². The molecule has 0 saturated carbocycles. The Balaban J connectivity index is 2.06. The van der Waals surface area contributed by atoms with E-state index in [0.717, 1.165) is 5.56 Å². The molecule has 0 aliphatic carbocycles. The van der Waals surface area contributed by atoms with E-state index in [1.54, 1.807) is 10.9 Å². The molecule has 20 heavy (non-hydrogen) atoms. The lowest BCUT2D eigenvalue weighted by Gasteiger charge is -2.20. The third-order valence-corrected chi connectivity index (χ3v) is 3.43. The lowest BCUT2D eigenvalue weighted by Crippen LogP contribution is -2.34. The maximum Gasteiger partial charge on any atom is 0.245 e. The molecule has 2 rings (SSSR count). The minimum atomic E-state index is -0.339. The van der Waals surface area contributed by atoms with Crippen LogP contribution in [0.4, 0.5) is 0 Å². The zero-order valence-electron chi connectivity index (χ0n) is 11.6. The summed E-state index contributed by atoms with van der Waals surface area (Å²) in [4.78, 5) is 12.4. The smallest absolute Gasteiger partial charge is 0.245 e. The Kier molecular flexibility index (Phi) is 4.79.